The van der Waals surface area contributed by atoms with Crippen molar-refractivity contribution in [2.45, 2.75) is 44.7 Å². The van der Waals surface area contributed by atoms with Gasteiger partial charge in [-0.25, -0.2) is 9.97 Å². The lowest BCUT2D eigenvalue weighted by molar-refractivity contribution is -0.142. The number of aromatic nitrogens is 2. The molecule has 0 spiro atoms. The number of aliphatic carboxylic acids is 1. The van der Waals surface area contributed by atoms with Crippen LogP contribution in [0.25, 0.3) is 0 Å². The van der Waals surface area contributed by atoms with Crippen molar-refractivity contribution in [1.29, 1.82) is 0 Å². The number of carboxylic acid groups (broad SMARTS) is 1. The number of nitrogens with zero attached hydrogens (tertiary/aromatic N) is 3. The van der Waals surface area contributed by atoms with E-state index in [0.717, 1.165) is 17.5 Å². The fourth-order valence-electron chi connectivity index (χ4n) is 3.63. The number of amides is 2. The number of unbranched alkanes of at least 4 members (excludes halogenated alkanes) is 1. The molecule has 0 saturated heterocycles. The quantitative estimate of drug-likeness (QED) is 0.494. The average Bonchev–Trinajstić information content (AvgIpc) is 2.77. The Morgan fingerprint density at radius 2 is 1.81 bits per heavy atom. The van der Waals surface area contributed by atoms with Crippen LogP contribution in [0.4, 0.5) is 5.95 Å². The van der Waals surface area contributed by atoms with Crippen LogP contribution >= 0.6 is 0 Å². The van der Waals surface area contributed by atoms with Crippen LogP contribution in [0.2, 0.25) is 0 Å². The molecular weight excluding hydrogens is 398 g/mol. The Kier molecular flexibility index (Phi) is 7.91. The molecule has 1 atom stereocenters. The maximum atomic E-state index is 12.7. The van der Waals surface area contributed by atoms with Crippen LogP contribution in [-0.2, 0) is 27.3 Å². The summed E-state index contributed by atoms with van der Waals surface area (Å²) in [6, 6.07) is 9.05. The van der Waals surface area contributed by atoms with Gasteiger partial charge in [-0.3, -0.25) is 14.4 Å². The Hall–Kier alpha value is -3.49. The van der Waals surface area contributed by atoms with Gasteiger partial charge in [0.15, 0.2) is 0 Å². The van der Waals surface area contributed by atoms with Crippen LogP contribution < -0.4 is 10.6 Å². The molecule has 9 nitrogen and oxygen atoms in total. The largest absolute Gasteiger partial charge is 0.481 e. The summed E-state index contributed by atoms with van der Waals surface area (Å²) in [5.41, 5.74) is 2.08. The molecule has 164 valence electrons. The maximum absolute atomic E-state index is 12.7. The van der Waals surface area contributed by atoms with Gasteiger partial charge in [-0.1, -0.05) is 24.3 Å². The van der Waals surface area contributed by atoms with Crippen molar-refractivity contribution in [2.24, 2.45) is 0 Å². The third kappa shape index (κ3) is 6.77. The number of rotatable bonds is 10. The van der Waals surface area contributed by atoms with Gasteiger partial charge in [0.1, 0.15) is 0 Å². The van der Waals surface area contributed by atoms with Gasteiger partial charge in [0.05, 0.1) is 13.0 Å². The van der Waals surface area contributed by atoms with Crippen LogP contribution in [0.5, 0.6) is 0 Å². The van der Waals surface area contributed by atoms with Crippen molar-refractivity contribution >= 4 is 23.7 Å². The van der Waals surface area contributed by atoms with Gasteiger partial charge in [-0.05, 0) is 36.5 Å². The van der Waals surface area contributed by atoms with E-state index in [-0.39, 0.29) is 24.8 Å². The normalized spacial score (nSPS) is 15.1. The number of fused-ring (bicyclic) bond motifs is 1. The molecule has 31 heavy (non-hydrogen) atoms. The molecule has 2 amide bonds. The van der Waals surface area contributed by atoms with E-state index in [1.807, 2.05) is 24.3 Å². The van der Waals surface area contributed by atoms with Gasteiger partial charge in [0, 0.05) is 37.9 Å². The Bertz CT molecular complexity index is 906. The lowest BCUT2D eigenvalue weighted by atomic mass is 9.92. The first-order valence-corrected chi connectivity index (χ1v) is 10.4. The fraction of sp³-hybridized carbons (Fsp3) is 0.409. The zero-order chi connectivity index (χ0) is 22.1. The van der Waals surface area contributed by atoms with E-state index in [2.05, 4.69) is 20.6 Å². The number of carbonyl (C=O) groups is 3. The van der Waals surface area contributed by atoms with E-state index < -0.39 is 12.0 Å². The highest BCUT2D eigenvalue weighted by atomic mass is 16.4. The molecule has 2 aromatic rings. The van der Waals surface area contributed by atoms with E-state index >= 15 is 0 Å². The Morgan fingerprint density at radius 1 is 1.06 bits per heavy atom. The van der Waals surface area contributed by atoms with Crippen molar-refractivity contribution in [3.8, 4) is 0 Å². The molecular formula is C22H27N5O4. The SMILES string of the molecule is O=C(O)CC1Cc2ccccc2CN1C(=O)CNC(=O)CCCCNc1ncccn1. The molecule has 3 rings (SSSR count). The molecule has 9 heteroatoms. The number of hydrogen-bond donors (Lipinski definition) is 3. The van der Waals surface area contributed by atoms with E-state index in [0.29, 0.717) is 38.3 Å². The van der Waals surface area contributed by atoms with Crippen molar-refractivity contribution < 1.29 is 19.5 Å². The topological polar surface area (TPSA) is 125 Å². The predicted molar refractivity (Wildman–Crippen MR) is 114 cm³/mol. The predicted octanol–water partition coefficient (Wildman–Crippen LogP) is 1.60. The monoisotopic (exact) mass is 425 g/mol. The minimum absolute atomic E-state index is 0.119. The molecule has 2 heterocycles. The molecule has 0 bridgehead atoms. The summed E-state index contributed by atoms with van der Waals surface area (Å²) in [7, 11) is 0. The van der Waals surface area contributed by atoms with Crippen molar-refractivity contribution in [2.75, 3.05) is 18.4 Å². The summed E-state index contributed by atoms with van der Waals surface area (Å²) in [6.07, 6.45) is 5.43. The minimum Gasteiger partial charge on any atom is -0.481 e. The molecule has 0 radical (unpaired) electrons. The Balaban J connectivity index is 1.42. The molecule has 1 aromatic heterocycles. The van der Waals surface area contributed by atoms with Crippen LogP contribution in [0.15, 0.2) is 42.7 Å². The first kappa shape index (κ1) is 22.2. The van der Waals surface area contributed by atoms with Gasteiger partial charge in [-0.2, -0.15) is 0 Å². The summed E-state index contributed by atoms with van der Waals surface area (Å²) in [5.74, 6) is -0.856. The standard InChI is InChI=1S/C22H27N5O4/c28-19(8-3-4-9-23-22-24-10-5-11-25-22)26-14-20(29)27-15-17-7-2-1-6-16(17)12-18(27)13-21(30)31/h1-2,5-7,10-11,18H,3-4,8-9,12-15H2,(H,26,28)(H,30,31)(H,23,24,25). The van der Waals surface area contributed by atoms with Crippen molar-refractivity contribution in [1.82, 2.24) is 20.2 Å². The smallest absolute Gasteiger partial charge is 0.305 e. The third-order valence-corrected chi connectivity index (χ3v) is 5.20. The second-order valence-electron chi connectivity index (χ2n) is 7.48. The van der Waals surface area contributed by atoms with Crippen LogP contribution in [0, 0.1) is 0 Å². The lowest BCUT2D eigenvalue weighted by Gasteiger charge is -2.36. The number of hydrogen-bond acceptors (Lipinski definition) is 6. The highest BCUT2D eigenvalue weighted by Gasteiger charge is 2.31. The number of anilines is 1. The van der Waals surface area contributed by atoms with Gasteiger partial charge >= 0.3 is 5.97 Å². The number of carboxylic acids is 1. The summed E-state index contributed by atoms with van der Waals surface area (Å²) in [5, 5.41) is 15.0. The molecule has 1 aliphatic heterocycles. The summed E-state index contributed by atoms with van der Waals surface area (Å²) >= 11 is 0. The molecule has 1 aromatic carbocycles. The first-order chi connectivity index (χ1) is 15.0. The van der Waals surface area contributed by atoms with Crippen LogP contribution in [-0.4, -0.2) is 56.9 Å². The molecule has 0 fully saturated rings. The molecule has 1 aliphatic rings. The first-order valence-electron chi connectivity index (χ1n) is 10.4. The maximum Gasteiger partial charge on any atom is 0.305 e. The van der Waals surface area contributed by atoms with E-state index in [1.54, 1.807) is 23.4 Å². The fourth-order valence-corrected chi connectivity index (χ4v) is 3.63. The zero-order valence-corrected chi connectivity index (χ0v) is 17.3. The minimum atomic E-state index is -0.944. The van der Waals surface area contributed by atoms with E-state index in [1.165, 1.54) is 0 Å². The molecule has 0 saturated carbocycles. The van der Waals surface area contributed by atoms with Crippen molar-refractivity contribution in [3.63, 3.8) is 0 Å². The summed E-state index contributed by atoms with van der Waals surface area (Å²) < 4.78 is 0. The molecule has 3 N–H and O–H groups in total. The number of nitrogens with one attached hydrogen (secondary N) is 2. The summed E-state index contributed by atoms with van der Waals surface area (Å²) in [6.45, 7) is 0.879. The average molecular weight is 425 g/mol. The number of benzene rings is 1. The zero-order valence-electron chi connectivity index (χ0n) is 17.3. The van der Waals surface area contributed by atoms with E-state index in [9.17, 15) is 19.5 Å². The van der Waals surface area contributed by atoms with Crippen molar-refractivity contribution in [3.05, 3.63) is 53.9 Å². The lowest BCUT2D eigenvalue weighted by Crippen LogP contribution is -2.49. The second-order valence-corrected chi connectivity index (χ2v) is 7.48. The van der Waals surface area contributed by atoms with Crippen LogP contribution in [0.3, 0.4) is 0 Å². The number of carbonyl (C=O) groups excluding carboxylic acids is 2. The van der Waals surface area contributed by atoms with E-state index in [4.69, 9.17) is 0 Å². The van der Waals surface area contributed by atoms with Crippen LogP contribution in [0.1, 0.15) is 36.8 Å². The second kappa shape index (κ2) is 11.1. The van der Waals surface area contributed by atoms with Gasteiger partial charge in [0.2, 0.25) is 17.8 Å². The summed E-state index contributed by atoms with van der Waals surface area (Å²) in [4.78, 5) is 45.8. The van der Waals surface area contributed by atoms with Gasteiger partial charge in [-0.15, -0.1) is 0 Å². The Morgan fingerprint density at radius 3 is 2.55 bits per heavy atom. The Labute approximate surface area is 180 Å². The van der Waals surface area contributed by atoms with Gasteiger partial charge in [0.25, 0.3) is 0 Å². The third-order valence-electron chi connectivity index (χ3n) is 5.20. The highest BCUT2D eigenvalue weighted by molar-refractivity contribution is 5.85. The highest BCUT2D eigenvalue weighted by Crippen LogP contribution is 2.25. The molecule has 1 unspecified atom stereocenters. The van der Waals surface area contributed by atoms with Gasteiger partial charge < -0.3 is 20.6 Å². The molecule has 0 aliphatic carbocycles.